The van der Waals surface area contributed by atoms with Gasteiger partial charge in [-0.2, -0.15) is 0 Å². The fraction of sp³-hybridized carbons (Fsp3) is 0.471. The van der Waals surface area contributed by atoms with Crippen LogP contribution >= 0.6 is 0 Å². The maximum Gasteiger partial charge on any atom is 0.277 e. The van der Waals surface area contributed by atoms with Gasteiger partial charge < -0.3 is 10.6 Å². The van der Waals surface area contributed by atoms with Crippen LogP contribution in [0.5, 0.6) is 0 Å². The number of piperidine rings is 1. The van der Waals surface area contributed by atoms with Gasteiger partial charge in [0.1, 0.15) is 0 Å². The van der Waals surface area contributed by atoms with Crippen molar-refractivity contribution < 1.29 is 4.79 Å². The Balaban J connectivity index is 1.70. The van der Waals surface area contributed by atoms with Gasteiger partial charge in [0, 0.05) is 5.69 Å². The minimum atomic E-state index is -0.212. The first-order chi connectivity index (χ1) is 11.2. The zero-order valence-corrected chi connectivity index (χ0v) is 13.7. The molecule has 6 nitrogen and oxygen atoms in total. The molecular weight excluding hydrogens is 290 g/mol. The Morgan fingerprint density at radius 3 is 2.91 bits per heavy atom. The van der Waals surface area contributed by atoms with Gasteiger partial charge in [-0.05, 0) is 62.5 Å². The normalized spacial score (nSPS) is 15.6. The third-order valence-electron chi connectivity index (χ3n) is 4.41. The molecule has 0 spiro atoms. The van der Waals surface area contributed by atoms with Gasteiger partial charge >= 0.3 is 0 Å². The molecule has 6 heteroatoms. The van der Waals surface area contributed by atoms with Crippen molar-refractivity contribution >= 4 is 11.6 Å². The van der Waals surface area contributed by atoms with E-state index in [-0.39, 0.29) is 5.91 Å². The Kier molecular flexibility index (Phi) is 4.71. The predicted molar refractivity (Wildman–Crippen MR) is 89.7 cm³/mol. The van der Waals surface area contributed by atoms with Gasteiger partial charge in [0.05, 0.1) is 12.2 Å². The summed E-state index contributed by atoms with van der Waals surface area (Å²) in [5.74, 6) is -0.212. The van der Waals surface area contributed by atoms with Crippen molar-refractivity contribution in [1.29, 1.82) is 0 Å². The molecule has 0 unspecified atom stereocenters. The number of amides is 1. The molecule has 122 valence electrons. The van der Waals surface area contributed by atoms with Crippen molar-refractivity contribution in [1.82, 2.24) is 20.3 Å². The smallest absolute Gasteiger partial charge is 0.277 e. The van der Waals surface area contributed by atoms with E-state index in [1.807, 2.05) is 22.9 Å². The Morgan fingerprint density at radius 1 is 1.39 bits per heavy atom. The number of carbonyl (C=O) groups is 1. The molecule has 1 fully saturated rings. The molecule has 0 aliphatic carbocycles. The van der Waals surface area contributed by atoms with Crippen molar-refractivity contribution in [2.45, 2.75) is 39.2 Å². The van der Waals surface area contributed by atoms with Gasteiger partial charge in [0.2, 0.25) is 0 Å². The van der Waals surface area contributed by atoms with Crippen LogP contribution in [0.15, 0.2) is 24.4 Å². The Labute approximate surface area is 136 Å². The van der Waals surface area contributed by atoms with E-state index in [2.05, 4.69) is 34.8 Å². The average Bonchev–Trinajstić information content (AvgIpc) is 3.07. The molecule has 1 saturated heterocycles. The quantitative estimate of drug-likeness (QED) is 0.909. The summed E-state index contributed by atoms with van der Waals surface area (Å²) in [6, 6.07) is 6.30. The molecule has 1 aromatic heterocycles. The minimum absolute atomic E-state index is 0.212. The summed E-state index contributed by atoms with van der Waals surface area (Å²) in [5.41, 5.74) is 3.64. The lowest BCUT2D eigenvalue weighted by Crippen LogP contribution is -2.29. The average molecular weight is 313 g/mol. The van der Waals surface area contributed by atoms with E-state index in [4.69, 9.17) is 0 Å². The van der Waals surface area contributed by atoms with Crippen LogP contribution in [0.4, 0.5) is 5.69 Å². The predicted octanol–water partition coefficient (Wildman–Crippen LogP) is 2.33. The highest BCUT2D eigenvalue weighted by molar-refractivity contribution is 6.02. The number of nitrogens with one attached hydrogen (secondary N) is 2. The van der Waals surface area contributed by atoms with E-state index in [1.54, 1.807) is 6.20 Å². The molecule has 2 aromatic rings. The summed E-state index contributed by atoms with van der Waals surface area (Å²) in [7, 11) is 0. The maximum atomic E-state index is 12.4. The molecule has 3 rings (SSSR count). The maximum absolute atomic E-state index is 12.4. The summed E-state index contributed by atoms with van der Waals surface area (Å²) in [6.07, 6.45) is 4.73. The number of nitrogens with zero attached hydrogens (tertiary/aromatic N) is 3. The zero-order chi connectivity index (χ0) is 16.2. The largest absolute Gasteiger partial charge is 0.321 e. The first-order valence-corrected chi connectivity index (χ1v) is 8.21. The number of hydrogen-bond acceptors (Lipinski definition) is 4. The monoisotopic (exact) mass is 313 g/mol. The lowest BCUT2D eigenvalue weighted by molar-refractivity contribution is 0.102. The second-order valence-electron chi connectivity index (χ2n) is 6.01. The highest BCUT2D eigenvalue weighted by atomic mass is 16.2. The zero-order valence-electron chi connectivity index (χ0n) is 13.7. The van der Waals surface area contributed by atoms with Crippen molar-refractivity contribution in [2.75, 3.05) is 18.4 Å². The second-order valence-corrected chi connectivity index (χ2v) is 6.01. The Bertz CT molecular complexity index is 688. The molecular formula is C17H23N5O. The Hall–Kier alpha value is -2.21. The molecule has 2 N–H and O–H groups in total. The molecule has 1 aliphatic rings. The molecule has 0 bridgehead atoms. The molecule has 0 radical (unpaired) electrons. The fourth-order valence-electron chi connectivity index (χ4n) is 2.96. The van der Waals surface area contributed by atoms with Crippen LogP contribution in [-0.4, -0.2) is 34.0 Å². The van der Waals surface area contributed by atoms with Crippen LogP contribution < -0.4 is 10.6 Å². The van der Waals surface area contributed by atoms with Crippen LogP contribution in [0.25, 0.3) is 0 Å². The highest BCUT2D eigenvalue weighted by Gasteiger charge is 2.18. The van der Waals surface area contributed by atoms with Gasteiger partial charge in [-0.15, -0.1) is 5.10 Å². The number of aryl methyl sites for hydroxylation is 2. The summed E-state index contributed by atoms with van der Waals surface area (Å²) in [4.78, 5) is 12.4. The number of rotatable bonds is 4. The molecule has 1 aromatic carbocycles. The molecule has 1 amide bonds. The standard InChI is InChI=1S/C17H23N5O/c1-3-13-10-14(5-4-12(13)2)19-17(23)16-11-22(21-20-16)15-6-8-18-9-7-15/h4-5,10-11,15,18H,3,6-9H2,1-2H3,(H,19,23). The molecule has 23 heavy (non-hydrogen) atoms. The number of hydrogen-bond donors (Lipinski definition) is 2. The molecule has 2 heterocycles. The topological polar surface area (TPSA) is 71.8 Å². The first-order valence-electron chi connectivity index (χ1n) is 8.21. The van der Waals surface area contributed by atoms with Crippen molar-refractivity contribution in [3.63, 3.8) is 0 Å². The summed E-state index contributed by atoms with van der Waals surface area (Å²) >= 11 is 0. The number of anilines is 1. The van der Waals surface area contributed by atoms with Crippen LogP contribution in [0, 0.1) is 6.92 Å². The van der Waals surface area contributed by atoms with Gasteiger partial charge in [0.15, 0.2) is 5.69 Å². The third kappa shape index (κ3) is 3.59. The SMILES string of the molecule is CCc1cc(NC(=O)c2cn(C3CCNCC3)nn2)ccc1C. The number of benzene rings is 1. The van der Waals surface area contributed by atoms with Crippen LogP contribution in [-0.2, 0) is 6.42 Å². The minimum Gasteiger partial charge on any atom is -0.321 e. The number of aromatic nitrogens is 3. The Morgan fingerprint density at radius 2 is 2.17 bits per heavy atom. The summed E-state index contributed by atoms with van der Waals surface area (Å²) in [6.45, 7) is 6.15. The van der Waals surface area contributed by atoms with Crippen LogP contribution in [0.2, 0.25) is 0 Å². The van der Waals surface area contributed by atoms with Gasteiger partial charge in [-0.25, -0.2) is 4.68 Å². The van der Waals surface area contributed by atoms with E-state index < -0.39 is 0 Å². The van der Waals surface area contributed by atoms with E-state index in [9.17, 15) is 4.79 Å². The van der Waals surface area contributed by atoms with Gasteiger partial charge in [-0.3, -0.25) is 4.79 Å². The second kappa shape index (κ2) is 6.91. The third-order valence-corrected chi connectivity index (χ3v) is 4.41. The van der Waals surface area contributed by atoms with Crippen LogP contribution in [0.3, 0.4) is 0 Å². The van der Waals surface area contributed by atoms with Crippen LogP contribution in [0.1, 0.15) is 47.4 Å². The van der Waals surface area contributed by atoms with E-state index in [1.165, 1.54) is 11.1 Å². The van der Waals surface area contributed by atoms with E-state index in [0.29, 0.717) is 11.7 Å². The summed E-state index contributed by atoms with van der Waals surface area (Å²) < 4.78 is 1.82. The lowest BCUT2D eigenvalue weighted by atomic mass is 10.1. The number of carbonyl (C=O) groups excluding carboxylic acids is 1. The van der Waals surface area contributed by atoms with E-state index >= 15 is 0 Å². The fourth-order valence-corrected chi connectivity index (χ4v) is 2.96. The highest BCUT2D eigenvalue weighted by Crippen LogP contribution is 2.19. The lowest BCUT2D eigenvalue weighted by Gasteiger charge is -2.22. The van der Waals surface area contributed by atoms with Gasteiger partial charge in [0.25, 0.3) is 5.91 Å². The first kappa shape index (κ1) is 15.7. The van der Waals surface area contributed by atoms with E-state index in [0.717, 1.165) is 38.0 Å². The summed E-state index contributed by atoms with van der Waals surface area (Å²) in [5, 5.41) is 14.4. The molecule has 0 saturated carbocycles. The van der Waals surface area contributed by atoms with Crippen molar-refractivity contribution in [3.8, 4) is 0 Å². The van der Waals surface area contributed by atoms with Crippen molar-refractivity contribution in [2.24, 2.45) is 0 Å². The molecule has 0 atom stereocenters. The van der Waals surface area contributed by atoms with Crippen molar-refractivity contribution in [3.05, 3.63) is 41.2 Å². The van der Waals surface area contributed by atoms with Gasteiger partial charge in [-0.1, -0.05) is 18.2 Å². The molecule has 1 aliphatic heterocycles.